The Balaban J connectivity index is 2.11. The molecule has 0 atom stereocenters. The van der Waals surface area contributed by atoms with Crippen molar-refractivity contribution in [3.63, 3.8) is 0 Å². The molecule has 0 aliphatic carbocycles. The second kappa shape index (κ2) is 5.66. The molecule has 0 fully saturated rings. The summed E-state index contributed by atoms with van der Waals surface area (Å²) in [5, 5.41) is 0.885. The molecule has 0 spiro atoms. The number of hydrogen-bond acceptors (Lipinski definition) is 3. The first-order chi connectivity index (χ1) is 10.1. The third-order valence-electron chi connectivity index (χ3n) is 3.14. The first-order valence-electron chi connectivity index (χ1n) is 6.47. The molecule has 3 rings (SSSR count). The van der Waals surface area contributed by atoms with Gasteiger partial charge in [-0.2, -0.15) is 0 Å². The monoisotopic (exact) mass is 341 g/mol. The molecule has 1 aromatic heterocycles. The van der Waals surface area contributed by atoms with Gasteiger partial charge in [0.05, 0.1) is 17.0 Å². The summed E-state index contributed by atoms with van der Waals surface area (Å²) in [6, 6.07) is 16.9. The molecule has 0 bridgehead atoms. The van der Waals surface area contributed by atoms with E-state index in [1.54, 1.807) is 6.07 Å². The van der Waals surface area contributed by atoms with E-state index >= 15 is 0 Å². The summed E-state index contributed by atoms with van der Waals surface area (Å²) in [6.45, 7) is 1.81. The van der Waals surface area contributed by atoms with Crippen molar-refractivity contribution >= 4 is 38.3 Å². The number of para-hydroxylation sites is 1. The second-order valence-corrected chi connectivity index (χ2v) is 5.58. The van der Waals surface area contributed by atoms with E-state index in [9.17, 15) is 4.79 Å². The van der Waals surface area contributed by atoms with Crippen molar-refractivity contribution in [1.29, 1.82) is 0 Å². The van der Waals surface area contributed by atoms with Gasteiger partial charge in [0.2, 0.25) is 0 Å². The minimum Gasteiger partial charge on any atom is -0.422 e. The summed E-state index contributed by atoms with van der Waals surface area (Å²) in [6.07, 6.45) is 0. The van der Waals surface area contributed by atoms with Gasteiger partial charge in [0.1, 0.15) is 5.58 Å². The van der Waals surface area contributed by atoms with Crippen LogP contribution in [0.3, 0.4) is 0 Å². The van der Waals surface area contributed by atoms with Crippen LogP contribution >= 0.6 is 15.9 Å². The van der Waals surface area contributed by atoms with Crippen LogP contribution in [0.4, 0.5) is 5.69 Å². The number of aliphatic imine (C=N–C) groups is 1. The van der Waals surface area contributed by atoms with Crippen LogP contribution in [-0.4, -0.2) is 5.71 Å². The normalized spacial score (nSPS) is 11.8. The standard InChI is InChI=1S/C17H12BrNO2/c1-11(19-14-7-4-6-13(18)10-14)15-9-12-5-2-3-8-16(12)21-17(15)20/h2-10H,1H3. The van der Waals surface area contributed by atoms with Gasteiger partial charge < -0.3 is 4.42 Å². The van der Waals surface area contributed by atoms with Crippen molar-refractivity contribution in [3.8, 4) is 0 Å². The Kier molecular flexibility index (Phi) is 3.71. The molecule has 3 nitrogen and oxygen atoms in total. The molecule has 0 aliphatic rings. The fraction of sp³-hybridized carbons (Fsp3) is 0.0588. The maximum atomic E-state index is 12.1. The van der Waals surface area contributed by atoms with E-state index in [1.165, 1.54) is 0 Å². The first-order valence-corrected chi connectivity index (χ1v) is 7.27. The van der Waals surface area contributed by atoms with Crippen molar-refractivity contribution in [2.24, 2.45) is 4.99 Å². The molecule has 0 N–H and O–H groups in total. The lowest BCUT2D eigenvalue weighted by molar-refractivity contribution is 0.559. The molecule has 1 heterocycles. The van der Waals surface area contributed by atoms with Crippen molar-refractivity contribution in [1.82, 2.24) is 0 Å². The van der Waals surface area contributed by atoms with E-state index in [-0.39, 0.29) is 5.63 Å². The van der Waals surface area contributed by atoms with Gasteiger partial charge in [-0.15, -0.1) is 0 Å². The highest BCUT2D eigenvalue weighted by Gasteiger charge is 2.08. The summed E-state index contributed by atoms with van der Waals surface area (Å²) >= 11 is 3.41. The Labute approximate surface area is 130 Å². The number of halogens is 1. The predicted octanol–water partition coefficient (Wildman–Crippen LogP) is 4.70. The average Bonchev–Trinajstić information content (AvgIpc) is 2.46. The highest BCUT2D eigenvalue weighted by atomic mass is 79.9. The molecule has 0 unspecified atom stereocenters. The Morgan fingerprint density at radius 1 is 1.10 bits per heavy atom. The van der Waals surface area contributed by atoms with Gasteiger partial charge in [-0.1, -0.05) is 40.2 Å². The van der Waals surface area contributed by atoms with Crippen LogP contribution < -0.4 is 5.63 Å². The molecule has 21 heavy (non-hydrogen) atoms. The van der Waals surface area contributed by atoms with Crippen molar-refractivity contribution in [2.45, 2.75) is 6.92 Å². The third kappa shape index (κ3) is 2.95. The minimum atomic E-state index is -0.370. The first kappa shape index (κ1) is 13.8. The molecule has 0 aliphatic heterocycles. The topological polar surface area (TPSA) is 42.6 Å². The molecule has 0 radical (unpaired) electrons. The van der Waals surface area contributed by atoms with Crippen LogP contribution in [0.5, 0.6) is 0 Å². The van der Waals surface area contributed by atoms with E-state index in [2.05, 4.69) is 20.9 Å². The molecule has 0 saturated carbocycles. The zero-order valence-corrected chi connectivity index (χ0v) is 12.9. The lowest BCUT2D eigenvalue weighted by Crippen LogP contribution is -2.11. The SMILES string of the molecule is CC(=Nc1cccc(Br)c1)c1cc2ccccc2oc1=O. The molecule has 104 valence electrons. The van der Waals surface area contributed by atoms with E-state index in [1.807, 2.05) is 55.5 Å². The van der Waals surface area contributed by atoms with E-state index < -0.39 is 0 Å². The third-order valence-corrected chi connectivity index (χ3v) is 3.63. The Morgan fingerprint density at radius 2 is 1.90 bits per heavy atom. The molecule has 4 heteroatoms. The molecule has 0 amide bonds. The van der Waals surface area contributed by atoms with Gasteiger partial charge >= 0.3 is 5.63 Å². The predicted molar refractivity (Wildman–Crippen MR) is 88.5 cm³/mol. The molecule has 2 aromatic carbocycles. The second-order valence-electron chi connectivity index (χ2n) is 4.66. The van der Waals surface area contributed by atoms with E-state index in [0.717, 1.165) is 15.5 Å². The maximum absolute atomic E-state index is 12.1. The van der Waals surface area contributed by atoms with Crippen LogP contribution in [0, 0.1) is 0 Å². The Hall–Kier alpha value is -2.20. The Bertz CT molecular complexity index is 896. The van der Waals surface area contributed by atoms with E-state index in [0.29, 0.717) is 16.9 Å². The van der Waals surface area contributed by atoms with Crippen LogP contribution in [0.15, 0.2) is 73.3 Å². The Morgan fingerprint density at radius 3 is 2.71 bits per heavy atom. The minimum absolute atomic E-state index is 0.370. The van der Waals surface area contributed by atoms with Crippen molar-refractivity contribution in [2.75, 3.05) is 0 Å². The van der Waals surface area contributed by atoms with Crippen molar-refractivity contribution in [3.05, 3.63) is 75.1 Å². The zero-order chi connectivity index (χ0) is 14.8. The van der Waals surface area contributed by atoms with Gasteiger partial charge in [0, 0.05) is 9.86 Å². The molecular weight excluding hydrogens is 330 g/mol. The van der Waals surface area contributed by atoms with Gasteiger partial charge in [-0.05, 0) is 37.3 Å². The average molecular weight is 342 g/mol. The fourth-order valence-electron chi connectivity index (χ4n) is 2.11. The summed E-state index contributed by atoms with van der Waals surface area (Å²) < 4.78 is 6.28. The van der Waals surface area contributed by atoms with Gasteiger partial charge in [-0.3, -0.25) is 4.99 Å². The lowest BCUT2D eigenvalue weighted by atomic mass is 10.1. The smallest absolute Gasteiger partial charge is 0.345 e. The number of hydrogen-bond donors (Lipinski definition) is 0. The quantitative estimate of drug-likeness (QED) is 0.501. The number of fused-ring (bicyclic) bond motifs is 1. The highest BCUT2D eigenvalue weighted by molar-refractivity contribution is 9.10. The number of benzene rings is 2. The largest absolute Gasteiger partial charge is 0.422 e. The lowest BCUT2D eigenvalue weighted by Gasteiger charge is -2.02. The molecular formula is C17H12BrNO2. The zero-order valence-electron chi connectivity index (χ0n) is 11.3. The molecule has 3 aromatic rings. The van der Waals surface area contributed by atoms with Crippen LogP contribution in [-0.2, 0) is 0 Å². The van der Waals surface area contributed by atoms with Crippen LogP contribution in [0.1, 0.15) is 12.5 Å². The summed E-state index contributed by atoms with van der Waals surface area (Å²) in [7, 11) is 0. The summed E-state index contributed by atoms with van der Waals surface area (Å²) in [5.41, 5.74) is 2.11. The van der Waals surface area contributed by atoms with Gasteiger partial charge in [-0.25, -0.2) is 4.79 Å². The van der Waals surface area contributed by atoms with Crippen LogP contribution in [0.25, 0.3) is 11.0 Å². The highest BCUT2D eigenvalue weighted by Crippen LogP contribution is 2.20. The fourth-order valence-corrected chi connectivity index (χ4v) is 2.50. The number of rotatable bonds is 2. The molecule has 0 saturated heterocycles. The van der Waals surface area contributed by atoms with Crippen LogP contribution in [0.2, 0.25) is 0 Å². The summed E-state index contributed by atoms with van der Waals surface area (Å²) in [5.74, 6) is 0. The number of nitrogens with zero attached hydrogens (tertiary/aromatic N) is 1. The maximum Gasteiger partial charge on any atom is 0.345 e. The van der Waals surface area contributed by atoms with Crippen molar-refractivity contribution < 1.29 is 4.42 Å². The van der Waals surface area contributed by atoms with Gasteiger partial charge in [0.25, 0.3) is 0 Å². The van der Waals surface area contributed by atoms with Gasteiger partial charge in [0.15, 0.2) is 0 Å². The van der Waals surface area contributed by atoms with E-state index in [4.69, 9.17) is 4.42 Å². The summed E-state index contributed by atoms with van der Waals surface area (Å²) in [4.78, 5) is 16.6.